The zero-order valence-electron chi connectivity index (χ0n) is 16.0. The predicted molar refractivity (Wildman–Crippen MR) is 106 cm³/mol. The molecule has 0 spiro atoms. The van der Waals surface area contributed by atoms with Gasteiger partial charge in [0.1, 0.15) is 0 Å². The minimum atomic E-state index is -0.00521. The van der Waals surface area contributed by atoms with Crippen LogP contribution >= 0.6 is 0 Å². The van der Waals surface area contributed by atoms with Gasteiger partial charge < -0.3 is 14.7 Å². The highest BCUT2D eigenvalue weighted by atomic mass is 16.5. The number of aromatic nitrogens is 3. The summed E-state index contributed by atoms with van der Waals surface area (Å²) in [5, 5.41) is 6.89. The van der Waals surface area contributed by atoms with Crippen LogP contribution in [0.25, 0.3) is 11.4 Å². The molecule has 0 saturated carbocycles. The molecule has 0 unspecified atom stereocenters. The Morgan fingerprint density at radius 1 is 1.14 bits per heavy atom. The Kier molecular flexibility index (Phi) is 7.26. The highest BCUT2D eigenvalue weighted by molar-refractivity contribution is 5.75. The molecule has 146 valence electrons. The van der Waals surface area contributed by atoms with Gasteiger partial charge in [0.05, 0.1) is 0 Å². The lowest BCUT2D eigenvalue weighted by atomic mass is 10.2. The normalized spacial score (nSPS) is 10.9. The van der Waals surface area contributed by atoms with Gasteiger partial charge in [-0.05, 0) is 37.7 Å². The lowest BCUT2D eigenvalue weighted by molar-refractivity contribution is -0.121. The van der Waals surface area contributed by atoms with Gasteiger partial charge in [0.25, 0.3) is 0 Å². The summed E-state index contributed by atoms with van der Waals surface area (Å²) in [5.74, 6) is 0.971. The summed E-state index contributed by atoms with van der Waals surface area (Å²) >= 11 is 0. The highest BCUT2D eigenvalue weighted by Crippen LogP contribution is 2.14. The number of amides is 1. The maximum Gasteiger partial charge on any atom is 0.227 e. The SMILES string of the molecule is CN(CCCNC(=O)CCc1nc(-c2ccncc2)no1)Cc1ccccc1. The molecule has 3 aromatic rings. The number of nitrogens with zero attached hydrogens (tertiary/aromatic N) is 4. The number of pyridine rings is 1. The number of aryl methyl sites for hydroxylation is 1. The summed E-state index contributed by atoms with van der Waals surface area (Å²) in [6.07, 6.45) is 5.02. The van der Waals surface area contributed by atoms with Crippen LogP contribution in [0, 0.1) is 0 Å². The fourth-order valence-corrected chi connectivity index (χ4v) is 2.83. The van der Waals surface area contributed by atoms with Crippen molar-refractivity contribution in [1.29, 1.82) is 0 Å². The molecule has 0 aliphatic rings. The zero-order valence-corrected chi connectivity index (χ0v) is 16.0. The first-order valence-corrected chi connectivity index (χ1v) is 9.43. The highest BCUT2D eigenvalue weighted by Gasteiger charge is 2.10. The predicted octanol–water partition coefficient (Wildman–Crippen LogP) is 2.70. The van der Waals surface area contributed by atoms with Crippen molar-refractivity contribution in [2.75, 3.05) is 20.1 Å². The third kappa shape index (κ3) is 6.28. The molecule has 7 nitrogen and oxygen atoms in total. The lowest BCUT2D eigenvalue weighted by Gasteiger charge is -2.16. The fourth-order valence-electron chi connectivity index (χ4n) is 2.83. The molecule has 0 aliphatic heterocycles. The van der Waals surface area contributed by atoms with E-state index in [0.717, 1.165) is 25.1 Å². The Labute approximate surface area is 164 Å². The standard InChI is InChI=1S/C21H25N5O2/c1-26(16-17-6-3-2-4-7-17)15-5-12-23-19(27)8-9-20-24-21(25-28-20)18-10-13-22-14-11-18/h2-4,6-7,10-11,13-14H,5,8-9,12,15-16H2,1H3,(H,23,27). The molecule has 0 fully saturated rings. The van der Waals surface area contributed by atoms with Gasteiger partial charge in [-0.2, -0.15) is 4.98 Å². The largest absolute Gasteiger partial charge is 0.356 e. The zero-order chi connectivity index (χ0) is 19.6. The molecule has 1 amide bonds. The van der Waals surface area contributed by atoms with Gasteiger partial charge in [-0.1, -0.05) is 35.5 Å². The van der Waals surface area contributed by atoms with Crippen molar-refractivity contribution in [2.24, 2.45) is 0 Å². The molecule has 0 aliphatic carbocycles. The van der Waals surface area contributed by atoms with E-state index in [0.29, 0.717) is 31.1 Å². The number of rotatable bonds is 10. The van der Waals surface area contributed by atoms with Crippen molar-refractivity contribution in [3.63, 3.8) is 0 Å². The van der Waals surface area contributed by atoms with Crippen LogP contribution < -0.4 is 5.32 Å². The Morgan fingerprint density at radius 2 is 1.93 bits per heavy atom. The number of hydrogen-bond acceptors (Lipinski definition) is 6. The first-order chi connectivity index (χ1) is 13.7. The van der Waals surface area contributed by atoms with E-state index in [1.54, 1.807) is 12.4 Å². The number of benzene rings is 1. The monoisotopic (exact) mass is 379 g/mol. The van der Waals surface area contributed by atoms with E-state index in [4.69, 9.17) is 4.52 Å². The lowest BCUT2D eigenvalue weighted by Crippen LogP contribution is -2.28. The maximum absolute atomic E-state index is 12.0. The summed E-state index contributed by atoms with van der Waals surface area (Å²) in [5.41, 5.74) is 2.13. The van der Waals surface area contributed by atoms with Crippen LogP contribution in [0.1, 0.15) is 24.3 Å². The van der Waals surface area contributed by atoms with Crippen molar-refractivity contribution in [3.05, 3.63) is 66.3 Å². The van der Waals surface area contributed by atoms with E-state index >= 15 is 0 Å². The van der Waals surface area contributed by atoms with Gasteiger partial charge in [-0.15, -0.1) is 0 Å². The summed E-state index contributed by atoms with van der Waals surface area (Å²) in [6.45, 7) is 2.49. The second kappa shape index (κ2) is 10.3. The summed E-state index contributed by atoms with van der Waals surface area (Å²) in [7, 11) is 2.09. The Balaban J connectivity index is 1.31. The molecule has 0 bridgehead atoms. The molecule has 2 heterocycles. The first kappa shape index (κ1) is 19.7. The molecule has 7 heteroatoms. The minimum Gasteiger partial charge on any atom is -0.356 e. The van der Waals surface area contributed by atoms with Crippen molar-refractivity contribution in [3.8, 4) is 11.4 Å². The second-order valence-corrected chi connectivity index (χ2v) is 6.67. The van der Waals surface area contributed by atoms with Crippen molar-refractivity contribution >= 4 is 5.91 Å². The summed E-state index contributed by atoms with van der Waals surface area (Å²) in [6, 6.07) is 14.0. The van der Waals surface area contributed by atoms with Crippen LogP contribution in [0.5, 0.6) is 0 Å². The van der Waals surface area contributed by atoms with E-state index < -0.39 is 0 Å². The molecule has 0 radical (unpaired) electrons. The molecule has 2 aromatic heterocycles. The summed E-state index contributed by atoms with van der Waals surface area (Å²) < 4.78 is 5.21. The number of carbonyl (C=O) groups excluding carboxylic acids is 1. The fraction of sp³-hybridized carbons (Fsp3) is 0.333. The van der Waals surface area contributed by atoms with Crippen LogP contribution in [0.15, 0.2) is 59.4 Å². The number of carbonyl (C=O) groups is 1. The summed E-state index contributed by atoms with van der Waals surface area (Å²) in [4.78, 5) is 22.5. The topological polar surface area (TPSA) is 84.2 Å². The molecular weight excluding hydrogens is 354 g/mol. The molecule has 1 aromatic carbocycles. The molecule has 28 heavy (non-hydrogen) atoms. The van der Waals surface area contributed by atoms with Gasteiger partial charge in [0.15, 0.2) is 0 Å². The third-order valence-electron chi connectivity index (χ3n) is 4.31. The molecule has 1 N–H and O–H groups in total. The first-order valence-electron chi connectivity index (χ1n) is 9.43. The van der Waals surface area contributed by atoms with Crippen LogP contribution in [-0.4, -0.2) is 46.1 Å². The van der Waals surface area contributed by atoms with Crippen molar-refractivity contribution < 1.29 is 9.32 Å². The number of nitrogens with one attached hydrogen (secondary N) is 1. The quantitative estimate of drug-likeness (QED) is 0.545. The van der Waals surface area contributed by atoms with Crippen LogP contribution in [0.4, 0.5) is 0 Å². The van der Waals surface area contributed by atoms with Crippen molar-refractivity contribution in [2.45, 2.75) is 25.8 Å². The second-order valence-electron chi connectivity index (χ2n) is 6.67. The Hall–Kier alpha value is -3.06. The van der Waals surface area contributed by atoms with Crippen LogP contribution in [-0.2, 0) is 17.8 Å². The van der Waals surface area contributed by atoms with E-state index in [9.17, 15) is 4.79 Å². The van der Waals surface area contributed by atoms with E-state index in [2.05, 4.69) is 44.5 Å². The molecule has 3 rings (SSSR count). The average Bonchev–Trinajstić information content (AvgIpc) is 3.20. The van der Waals surface area contributed by atoms with Gasteiger partial charge in [0.2, 0.25) is 17.6 Å². The molecule has 0 atom stereocenters. The van der Waals surface area contributed by atoms with E-state index in [-0.39, 0.29) is 5.91 Å². The van der Waals surface area contributed by atoms with Crippen molar-refractivity contribution in [1.82, 2.24) is 25.3 Å². The smallest absolute Gasteiger partial charge is 0.227 e. The van der Waals surface area contributed by atoms with Gasteiger partial charge >= 0.3 is 0 Å². The van der Waals surface area contributed by atoms with Gasteiger partial charge in [-0.3, -0.25) is 9.78 Å². The van der Waals surface area contributed by atoms with Gasteiger partial charge in [-0.25, -0.2) is 0 Å². The van der Waals surface area contributed by atoms with E-state index in [1.807, 2.05) is 30.3 Å². The Morgan fingerprint density at radius 3 is 2.71 bits per heavy atom. The Bertz CT molecular complexity index is 852. The van der Waals surface area contributed by atoms with E-state index in [1.165, 1.54) is 5.56 Å². The average molecular weight is 379 g/mol. The number of hydrogen-bond donors (Lipinski definition) is 1. The minimum absolute atomic E-state index is 0.00521. The van der Waals surface area contributed by atoms with Gasteiger partial charge in [0, 0.05) is 43.9 Å². The van der Waals surface area contributed by atoms with Crippen LogP contribution in [0.3, 0.4) is 0 Å². The molecular formula is C21H25N5O2. The third-order valence-corrected chi connectivity index (χ3v) is 4.31. The molecule has 0 saturated heterocycles. The van der Waals surface area contributed by atoms with Crippen LogP contribution in [0.2, 0.25) is 0 Å². The maximum atomic E-state index is 12.0.